The Morgan fingerprint density at radius 3 is 2.80 bits per heavy atom. The fourth-order valence-corrected chi connectivity index (χ4v) is 5.25. The number of aromatic nitrogens is 2. The molecule has 1 atom stereocenters. The summed E-state index contributed by atoms with van der Waals surface area (Å²) in [5.41, 5.74) is 1.75. The van der Waals surface area contributed by atoms with Gasteiger partial charge < -0.3 is 23.7 Å². The van der Waals surface area contributed by atoms with E-state index in [-0.39, 0.29) is 34.5 Å². The van der Waals surface area contributed by atoms with Gasteiger partial charge in [-0.25, -0.2) is 0 Å². The van der Waals surface area contributed by atoms with Gasteiger partial charge >= 0.3 is 5.97 Å². The number of phenols is 1. The Balaban J connectivity index is 1.60. The third-order valence-corrected chi connectivity index (χ3v) is 6.93. The van der Waals surface area contributed by atoms with E-state index in [0.717, 1.165) is 0 Å². The summed E-state index contributed by atoms with van der Waals surface area (Å²) >= 11 is 1.42. The van der Waals surface area contributed by atoms with Crippen molar-refractivity contribution in [2.75, 3.05) is 14.2 Å². The Hall–Kier alpha value is -4.31. The first-order chi connectivity index (χ1) is 17.0. The van der Waals surface area contributed by atoms with Gasteiger partial charge in [0.1, 0.15) is 34.5 Å². The van der Waals surface area contributed by atoms with Crippen LogP contribution in [0.5, 0.6) is 23.1 Å². The zero-order chi connectivity index (χ0) is 24.3. The van der Waals surface area contributed by atoms with Gasteiger partial charge in [-0.05, 0) is 17.7 Å². The number of ether oxygens (including phenoxy) is 3. The van der Waals surface area contributed by atoms with Crippen LogP contribution in [-0.4, -0.2) is 34.7 Å². The molecule has 0 saturated carbocycles. The highest BCUT2D eigenvalue weighted by atomic mass is 32.1. The first kappa shape index (κ1) is 21.2. The van der Waals surface area contributed by atoms with Crippen molar-refractivity contribution < 1.29 is 28.5 Å². The molecular weight excluding hydrogens is 472 g/mol. The van der Waals surface area contributed by atoms with Crippen LogP contribution in [0.25, 0.3) is 27.1 Å². The molecule has 0 spiro atoms. The van der Waals surface area contributed by atoms with Crippen molar-refractivity contribution >= 4 is 33.2 Å². The highest BCUT2D eigenvalue weighted by molar-refractivity contribution is 7.15. The smallest absolute Gasteiger partial charge is 0.306 e. The maximum Gasteiger partial charge on any atom is 0.306 e. The predicted molar refractivity (Wildman–Crippen MR) is 128 cm³/mol. The summed E-state index contributed by atoms with van der Waals surface area (Å²) in [4.78, 5) is 31.2. The largest absolute Gasteiger partial charge is 0.507 e. The highest BCUT2D eigenvalue weighted by Crippen LogP contribution is 2.50. The lowest BCUT2D eigenvalue weighted by atomic mass is 9.88. The number of phenolic OH excluding ortho intramolecular Hbond substituents is 1. The van der Waals surface area contributed by atoms with E-state index in [1.165, 1.54) is 30.8 Å². The molecule has 3 aromatic heterocycles. The van der Waals surface area contributed by atoms with E-state index in [0.29, 0.717) is 33.4 Å². The number of esters is 1. The van der Waals surface area contributed by atoms with Crippen LogP contribution in [0.1, 0.15) is 23.6 Å². The zero-order valence-corrected chi connectivity index (χ0v) is 19.4. The molecule has 1 unspecified atom stereocenters. The molecule has 176 valence electrons. The Kier molecular flexibility index (Phi) is 4.78. The average molecular weight is 490 g/mol. The number of fused-ring (bicyclic) bond motifs is 6. The number of rotatable bonds is 4. The van der Waals surface area contributed by atoms with Crippen LogP contribution in [0.15, 0.2) is 57.4 Å². The molecule has 5 aromatic rings. The summed E-state index contributed by atoms with van der Waals surface area (Å²) in [6, 6.07) is 8.31. The lowest BCUT2D eigenvalue weighted by Crippen LogP contribution is -2.18. The third-order valence-electron chi connectivity index (χ3n) is 6.18. The van der Waals surface area contributed by atoms with E-state index >= 15 is 0 Å². The molecule has 1 N–H and O–H groups in total. The van der Waals surface area contributed by atoms with Crippen LogP contribution in [0.2, 0.25) is 0 Å². The number of carbonyl (C=O) groups is 1. The van der Waals surface area contributed by atoms with Gasteiger partial charge in [0.2, 0.25) is 11.3 Å². The van der Waals surface area contributed by atoms with Crippen LogP contribution >= 0.6 is 11.3 Å². The van der Waals surface area contributed by atoms with Gasteiger partial charge in [0.05, 0.1) is 31.9 Å². The second kappa shape index (κ2) is 7.88. The van der Waals surface area contributed by atoms with Gasteiger partial charge in [0, 0.05) is 29.1 Å². The summed E-state index contributed by atoms with van der Waals surface area (Å²) in [6.07, 6.45) is 3.16. The quantitative estimate of drug-likeness (QED) is 0.361. The third kappa shape index (κ3) is 3.17. The van der Waals surface area contributed by atoms with Crippen molar-refractivity contribution in [3.8, 4) is 34.3 Å². The molecule has 4 heterocycles. The van der Waals surface area contributed by atoms with Crippen LogP contribution in [0.4, 0.5) is 0 Å². The average Bonchev–Trinajstić information content (AvgIpc) is 3.45. The Labute approximate surface area is 201 Å². The van der Waals surface area contributed by atoms with Gasteiger partial charge in [-0.2, -0.15) is 4.98 Å². The molecule has 0 aliphatic carbocycles. The molecule has 1 aliphatic rings. The predicted octanol–water partition coefficient (Wildman–Crippen LogP) is 4.68. The fourth-order valence-electron chi connectivity index (χ4n) is 4.53. The zero-order valence-electron chi connectivity index (χ0n) is 18.6. The molecule has 6 rings (SSSR count). The number of hydrogen-bond acceptors (Lipinski definition) is 9. The Morgan fingerprint density at radius 1 is 1.26 bits per heavy atom. The van der Waals surface area contributed by atoms with Crippen molar-refractivity contribution in [3.63, 3.8) is 0 Å². The number of hydrogen-bond donors (Lipinski definition) is 1. The summed E-state index contributed by atoms with van der Waals surface area (Å²) in [7, 11) is 2.87. The van der Waals surface area contributed by atoms with E-state index in [1.54, 1.807) is 31.4 Å². The van der Waals surface area contributed by atoms with E-state index < -0.39 is 17.3 Å². The molecule has 2 aromatic carbocycles. The Morgan fingerprint density at radius 2 is 2.06 bits per heavy atom. The van der Waals surface area contributed by atoms with Crippen molar-refractivity contribution in [2.45, 2.75) is 12.3 Å². The van der Waals surface area contributed by atoms with E-state index in [1.807, 2.05) is 16.0 Å². The number of aromatic hydroxyl groups is 1. The number of imidazole rings is 1. The minimum absolute atomic E-state index is 0.00469. The first-order valence-electron chi connectivity index (χ1n) is 10.7. The maximum absolute atomic E-state index is 13.5. The molecule has 0 bridgehead atoms. The first-order valence-corrected chi connectivity index (χ1v) is 11.5. The molecule has 35 heavy (non-hydrogen) atoms. The van der Waals surface area contributed by atoms with Gasteiger partial charge in [-0.3, -0.25) is 14.0 Å². The van der Waals surface area contributed by atoms with Crippen LogP contribution < -0.4 is 14.9 Å². The molecule has 10 heteroatoms. The summed E-state index contributed by atoms with van der Waals surface area (Å²) < 4.78 is 24.0. The van der Waals surface area contributed by atoms with Gasteiger partial charge in [0.25, 0.3) is 0 Å². The lowest BCUT2D eigenvalue weighted by Gasteiger charge is -2.25. The number of nitrogens with zero attached hydrogens (tertiary/aromatic N) is 2. The van der Waals surface area contributed by atoms with Crippen molar-refractivity contribution in [2.24, 2.45) is 0 Å². The number of thiazole rings is 1. The molecule has 0 saturated heterocycles. The second-order valence-corrected chi connectivity index (χ2v) is 8.88. The van der Waals surface area contributed by atoms with Crippen LogP contribution in [0.3, 0.4) is 0 Å². The van der Waals surface area contributed by atoms with E-state index in [9.17, 15) is 14.7 Å². The minimum Gasteiger partial charge on any atom is -0.507 e. The van der Waals surface area contributed by atoms with E-state index in [2.05, 4.69) is 4.98 Å². The normalized spacial score (nSPS) is 14.4. The van der Waals surface area contributed by atoms with Crippen LogP contribution in [0, 0.1) is 0 Å². The molecular formula is C25H18N2O7S. The lowest BCUT2D eigenvalue weighted by molar-refractivity contribution is -0.140. The standard InChI is InChI=1S/C25H18N2O7S/c1-31-13-5-3-12(4-6-13)15-11-33-23-19-14(9-18(29)32-2)21-24(26-25-27(21)7-8-35-25)34-17(19)10-16(28)20(23)22(15)30/h3-8,10-11,14,28H,9H2,1-2H3. The topological polar surface area (TPSA) is 112 Å². The van der Waals surface area contributed by atoms with Gasteiger partial charge in [-0.1, -0.05) is 12.1 Å². The number of benzene rings is 2. The molecule has 9 nitrogen and oxygen atoms in total. The summed E-state index contributed by atoms with van der Waals surface area (Å²) in [6.45, 7) is 0. The molecule has 0 fully saturated rings. The summed E-state index contributed by atoms with van der Waals surface area (Å²) in [5.74, 6) is -0.0721. The molecule has 0 radical (unpaired) electrons. The van der Waals surface area contributed by atoms with Crippen molar-refractivity contribution in [3.05, 3.63) is 69.7 Å². The van der Waals surface area contributed by atoms with Crippen molar-refractivity contribution in [1.29, 1.82) is 0 Å². The van der Waals surface area contributed by atoms with E-state index in [4.69, 9.17) is 18.6 Å². The highest BCUT2D eigenvalue weighted by Gasteiger charge is 2.37. The van der Waals surface area contributed by atoms with Gasteiger partial charge in [-0.15, -0.1) is 11.3 Å². The van der Waals surface area contributed by atoms with Gasteiger partial charge in [0.15, 0.2) is 4.96 Å². The SMILES string of the molecule is COC(=O)CC1c2c(cc(O)c3c(=O)c(-c4ccc(OC)cc4)coc23)Oc2nc3sccn3c21. The molecule has 1 aliphatic heterocycles. The Bertz CT molecular complexity index is 1680. The van der Waals surface area contributed by atoms with Crippen LogP contribution in [-0.2, 0) is 9.53 Å². The maximum atomic E-state index is 13.5. The monoisotopic (exact) mass is 490 g/mol. The second-order valence-electron chi connectivity index (χ2n) is 8.01. The fraction of sp³-hybridized carbons (Fsp3) is 0.160. The minimum atomic E-state index is -0.580. The number of carbonyl (C=O) groups excluding carboxylic acids is 1. The summed E-state index contributed by atoms with van der Waals surface area (Å²) in [5, 5.41) is 12.7. The number of methoxy groups -OCH3 is 2. The molecule has 0 amide bonds. The van der Waals surface area contributed by atoms with Crippen molar-refractivity contribution in [1.82, 2.24) is 9.38 Å².